The van der Waals surface area contributed by atoms with Gasteiger partial charge < -0.3 is 10.0 Å². The molecule has 0 aliphatic rings. The fourth-order valence-corrected chi connectivity index (χ4v) is 1.65. The van der Waals surface area contributed by atoms with Gasteiger partial charge in [0.15, 0.2) is 0 Å². The van der Waals surface area contributed by atoms with Crippen molar-refractivity contribution in [2.24, 2.45) is 5.92 Å². The van der Waals surface area contributed by atoms with E-state index in [2.05, 4.69) is 13.2 Å². The van der Waals surface area contributed by atoms with Crippen molar-refractivity contribution in [3.8, 4) is 0 Å². The van der Waals surface area contributed by atoms with E-state index in [1.165, 1.54) is 0 Å². The normalized spacial score (nSPS) is 11.9. The van der Waals surface area contributed by atoms with Gasteiger partial charge in [0.1, 0.15) is 0 Å². The van der Waals surface area contributed by atoms with Crippen LogP contribution in [0, 0.1) is 5.92 Å². The number of amides is 1. The summed E-state index contributed by atoms with van der Waals surface area (Å²) in [6.45, 7) is 12.9. The number of aliphatic carboxylic acids is 1. The van der Waals surface area contributed by atoms with Gasteiger partial charge in [-0.2, -0.15) is 0 Å². The van der Waals surface area contributed by atoms with Crippen LogP contribution in [0.1, 0.15) is 13.8 Å². The lowest BCUT2D eigenvalue weighted by Gasteiger charge is -2.26. The second kappa shape index (κ2) is 9.33. The molecule has 19 heavy (non-hydrogen) atoms. The molecule has 1 amide bonds. The third-order valence-electron chi connectivity index (χ3n) is 2.81. The molecule has 0 heterocycles. The first-order valence-electron chi connectivity index (χ1n) is 6.40. The quantitative estimate of drug-likeness (QED) is 0.605. The highest BCUT2D eigenvalue weighted by atomic mass is 16.4. The van der Waals surface area contributed by atoms with Crippen LogP contribution in [0.15, 0.2) is 25.3 Å². The number of hydrogen-bond donors (Lipinski definition) is 1. The van der Waals surface area contributed by atoms with Crippen LogP contribution in [0.25, 0.3) is 0 Å². The Kier molecular flexibility index (Phi) is 8.53. The highest BCUT2D eigenvalue weighted by Crippen LogP contribution is 2.02. The van der Waals surface area contributed by atoms with Gasteiger partial charge in [0.25, 0.3) is 0 Å². The molecular formula is C14H24N2O3. The van der Waals surface area contributed by atoms with Crippen molar-refractivity contribution in [2.75, 3.05) is 32.7 Å². The van der Waals surface area contributed by atoms with Crippen molar-refractivity contribution in [3.63, 3.8) is 0 Å². The van der Waals surface area contributed by atoms with E-state index in [0.717, 1.165) is 0 Å². The summed E-state index contributed by atoms with van der Waals surface area (Å²) < 4.78 is 0. The van der Waals surface area contributed by atoms with Crippen LogP contribution in [0.3, 0.4) is 0 Å². The Morgan fingerprint density at radius 1 is 1.26 bits per heavy atom. The van der Waals surface area contributed by atoms with Crippen LogP contribution in [0.2, 0.25) is 0 Å². The van der Waals surface area contributed by atoms with Gasteiger partial charge in [0.2, 0.25) is 5.91 Å². The van der Waals surface area contributed by atoms with Crippen LogP contribution in [0.4, 0.5) is 0 Å². The Morgan fingerprint density at radius 2 is 1.79 bits per heavy atom. The summed E-state index contributed by atoms with van der Waals surface area (Å²) in [6, 6.07) is 0. The first kappa shape index (κ1) is 17.4. The summed E-state index contributed by atoms with van der Waals surface area (Å²) in [6.07, 6.45) is 3.33. The van der Waals surface area contributed by atoms with E-state index in [-0.39, 0.29) is 12.5 Å². The standard InChI is InChI=1S/C14H24N2O3/c1-5-8-16(9-6-2)13(17)11-15(7-3)10-12(4)14(18)19/h5-6,12H,1-2,7-11H2,3-4H3,(H,18,19). The SMILES string of the molecule is C=CCN(CC=C)C(=O)CN(CC)CC(C)C(=O)O. The summed E-state index contributed by atoms with van der Waals surface area (Å²) in [4.78, 5) is 26.4. The molecule has 1 N–H and O–H groups in total. The lowest BCUT2D eigenvalue weighted by molar-refractivity contribution is -0.142. The van der Waals surface area contributed by atoms with Crippen molar-refractivity contribution in [1.29, 1.82) is 0 Å². The van der Waals surface area contributed by atoms with Gasteiger partial charge in [0, 0.05) is 19.6 Å². The minimum Gasteiger partial charge on any atom is -0.481 e. The zero-order valence-corrected chi connectivity index (χ0v) is 11.8. The van der Waals surface area contributed by atoms with Gasteiger partial charge in [0.05, 0.1) is 12.5 Å². The maximum Gasteiger partial charge on any atom is 0.307 e. The Labute approximate surface area is 115 Å². The van der Waals surface area contributed by atoms with Crippen molar-refractivity contribution in [3.05, 3.63) is 25.3 Å². The van der Waals surface area contributed by atoms with E-state index in [1.54, 1.807) is 24.0 Å². The van der Waals surface area contributed by atoms with Gasteiger partial charge in [-0.1, -0.05) is 26.0 Å². The van der Waals surface area contributed by atoms with E-state index >= 15 is 0 Å². The van der Waals surface area contributed by atoms with Crippen molar-refractivity contribution < 1.29 is 14.7 Å². The average Bonchev–Trinajstić information content (AvgIpc) is 2.37. The molecule has 1 atom stereocenters. The lowest BCUT2D eigenvalue weighted by atomic mass is 10.1. The fraction of sp³-hybridized carbons (Fsp3) is 0.571. The number of carboxylic acid groups (broad SMARTS) is 1. The summed E-state index contributed by atoms with van der Waals surface area (Å²) in [5.74, 6) is -1.38. The van der Waals surface area contributed by atoms with Gasteiger partial charge in [-0.3, -0.25) is 14.5 Å². The molecule has 0 fully saturated rings. The molecule has 5 nitrogen and oxygen atoms in total. The third-order valence-corrected chi connectivity index (χ3v) is 2.81. The van der Waals surface area contributed by atoms with Gasteiger partial charge in [-0.25, -0.2) is 0 Å². The van der Waals surface area contributed by atoms with Crippen molar-refractivity contribution >= 4 is 11.9 Å². The number of rotatable bonds is 10. The first-order chi connectivity index (χ1) is 8.96. The summed E-state index contributed by atoms with van der Waals surface area (Å²) >= 11 is 0. The molecule has 0 aliphatic carbocycles. The molecule has 0 bridgehead atoms. The molecule has 0 aromatic rings. The lowest BCUT2D eigenvalue weighted by Crippen LogP contribution is -2.42. The smallest absolute Gasteiger partial charge is 0.307 e. The number of carbonyl (C=O) groups is 2. The van der Waals surface area contributed by atoms with Crippen LogP contribution < -0.4 is 0 Å². The van der Waals surface area contributed by atoms with Crippen molar-refractivity contribution in [1.82, 2.24) is 9.80 Å². The third kappa shape index (κ3) is 6.76. The number of hydrogen-bond acceptors (Lipinski definition) is 3. The zero-order chi connectivity index (χ0) is 14.8. The monoisotopic (exact) mass is 268 g/mol. The molecular weight excluding hydrogens is 244 g/mol. The second-order valence-corrected chi connectivity index (χ2v) is 4.44. The number of likely N-dealkylation sites (N-methyl/N-ethyl adjacent to an activating group) is 1. The molecule has 0 aromatic heterocycles. The maximum atomic E-state index is 12.1. The summed E-state index contributed by atoms with van der Waals surface area (Å²) in [5, 5.41) is 8.89. The fourth-order valence-electron chi connectivity index (χ4n) is 1.65. The molecule has 5 heteroatoms. The number of carbonyl (C=O) groups excluding carboxylic acids is 1. The summed E-state index contributed by atoms with van der Waals surface area (Å²) in [7, 11) is 0. The first-order valence-corrected chi connectivity index (χ1v) is 6.40. The molecule has 0 aliphatic heterocycles. The largest absolute Gasteiger partial charge is 0.481 e. The van der Waals surface area contributed by atoms with Gasteiger partial charge in [-0.05, 0) is 6.54 Å². The van der Waals surface area contributed by atoms with Crippen LogP contribution in [-0.2, 0) is 9.59 Å². The summed E-state index contributed by atoms with van der Waals surface area (Å²) in [5.41, 5.74) is 0. The Bertz CT molecular complexity index is 319. The minimum absolute atomic E-state index is 0.0424. The Balaban J connectivity index is 4.49. The molecule has 0 aromatic carbocycles. The number of nitrogens with zero attached hydrogens (tertiary/aromatic N) is 2. The van der Waals surface area contributed by atoms with Crippen LogP contribution in [-0.4, -0.2) is 59.5 Å². The van der Waals surface area contributed by atoms with Gasteiger partial charge in [-0.15, -0.1) is 13.2 Å². The van der Waals surface area contributed by atoms with Crippen LogP contribution in [0.5, 0.6) is 0 Å². The predicted octanol–water partition coefficient (Wildman–Crippen LogP) is 1.23. The molecule has 0 saturated heterocycles. The predicted molar refractivity (Wildman–Crippen MR) is 75.9 cm³/mol. The molecule has 0 rings (SSSR count). The minimum atomic E-state index is -0.847. The Morgan fingerprint density at radius 3 is 2.16 bits per heavy atom. The highest BCUT2D eigenvalue weighted by molar-refractivity contribution is 5.78. The molecule has 0 radical (unpaired) electrons. The van der Waals surface area contributed by atoms with E-state index in [1.807, 2.05) is 11.8 Å². The molecule has 108 valence electrons. The van der Waals surface area contributed by atoms with E-state index < -0.39 is 11.9 Å². The van der Waals surface area contributed by atoms with E-state index in [0.29, 0.717) is 26.2 Å². The van der Waals surface area contributed by atoms with Crippen molar-refractivity contribution in [2.45, 2.75) is 13.8 Å². The average molecular weight is 268 g/mol. The van der Waals surface area contributed by atoms with E-state index in [4.69, 9.17) is 5.11 Å². The topological polar surface area (TPSA) is 60.9 Å². The Hall–Kier alpha value is -1.62. The maximum absolute atomic E-state index is 12.1. The van der Waals surface area contributed by atoms with E-state index in [9.17, 15) is 9.59 Å². The highest BCUT2D eigenvalue weighted by Gasteiger charge is 2.19. The molecule has 0 spiro atoms. The molecule has 0 saturated carbocycles. The van der Waals surface area contributed by atoms with Gasteiger partial charge >= 0.3 is 5.97 Å². The van der Waals surface area contributed by atoms with Crippen LogP contribution >= 0.6 is 0 Å². The molecule has 1 unspecified atom stereocenters. The zero-order valence-electron chi connectivity index (χ0n) is 11.8. The second-order valence-electron chi connectivity index (χ2n) is 4.44. The number of carboxylic acids is 1.